The molecular formula is C39H46N6O4. The highest BCUT2D eigenvalue weighted by Crippen LogP contribution is 2.32. The summed E-state index contributed by atoms with van der Waals surface area (Å²) < 4.78 is 8.12. The molecule has 0 aliphatic carbocycles. The quantitative estimate of drug-likeness (QED) is 0.243. The summed E-state index contributed by atoms with van der Waals surface area (Å²) in [5.74, 6) is 0.376. The lowest BCUT2D eigenvalue weighted by atomic mass is 9.98. The van der Waals surface area contributed by atoms with Crippen molar-refractivity contribution in [3.05, 3.63) is 114 Å². The van der Waals surface area contributed by atoms with Gasteiger partial charge in [-0.3, -0.25) is 9.59 Å². The summed E-state index contributed by atoms with van der Waals surface area (Å²) in [6.07, 6.45) is 3.35. The number of amides is 4. The fourth-order valence-electron chi connectivity index (χ4n) is 7.05. The highest BCUT2D eigenvalue weighted by molar-refractivity contribution is 5.92. The molecule has 1 aromatic heterocycles. The minimum absolute atomic E-state index is 0.0502. The van der Waals surface area contributed by atoms with Crippen LogP contribution < -0.4 is 10.1 Å². The summed E-state index contributed by atoms with van der Waals surface area (Å²) in [7, 11) is 2.01. The normalized spacial score (nSPS) is 18.5. The number of para-hydroxylation sites is 1. The SMILES string of the molecule is C=CCN1CC(=O)N2[C@@H](Cc3ccc(OC(C)(C)C)cc3)C(=O)N(Cc3cccc4c(C)cn(C)c34)C[C@@H]2N1C(=O)NCc1ccccc1. The van der Waals surface area contributed by atoms with Gasteiger partial charge in [-0.15, -0.1) is 6.58 Å². The van der Waals surface area contributed by atoms with Crippen LogP contribution in [0.5, 0.6) is 5.75 Å². The summed E-state index contributed by atoms with van der Waals surface area (Å²) in [6, 6.07) is 22.4. The number of nitrogens with zero attached hydrogens (tertiary/aromatic N) is 5. The maximum Gasteiger partial charge on any atom is 0.334 e. The first-order valence-electron chi connectivity index (χ1n) is 16.8. The molecule has 2 saturated heterocycles. The third-order valence-corrected chi connectivity index (χ3v) is 9.09. The topological polar surface area (TPSA) is 90.4 Å². The molecule has 6 rings (SSSR count). The Labute approximate surface area is 288 Å². The summed E-state index contributed by atoms with van der Waals surface area (Å²) in [6.45, 7) is 13.0. The first kappa shape index (κ1) is 33.8. The zero-order valence-corrected chi connectivity index (χ0v) is 29.1. The van der Waals surface area contributed by atoms with E-state index in [1.54, 1.807) is 21.0 Å². The number of fused-ring (bicyclic) bond motifs is 2. The molecule has 0 bridgehead atoms. The lowest BCUT2D eigenvalue weighted by molar-refractivity contribution is -0.189. The van der Waals surface area contributed by atoms with Crippen molar-refractivity contribution < 1.29 is 19.1 Å². The molecule has 49 heavy (non-hydrogen) atoms. The second kappa shape index (κ2) is 13.8. The third kappa shape index (κ3) is 7.19. The van der Waals surface area contributed by atoms with Crippen molar-refractivity contribution in [3.63, 3.8) is 0 Å². The zero-order chi connectivity index (χ0) is 34.9. The average Bonchev–Trinajstić information content (AvgIpc) is 3.36. The molecule has 2 aliphatic rings. The Balaban J connectivity index is 1.37. The Kier molecular flexibility index (Phi) is 9.52. The Morgan fingerprint density at radius 1 is 1.00 bits per heavy atom. The van der Waals surface area contributed by atoms with E-state index in [1.807, 2.05) is 99.4 Å². The third-order valence-electron chi connectivity index (χ3n) is 9.09. The number of rotatable bonds is 9. The van der Waals surface area contributed by atoms with E-state index < -0.39 is 12.2 Å². The van der Waals surface area contributed by atoms with Gasteiger partial charge in [-0.1, -0.05) is 66.7 Å². The number of benzene rings is 3. The standard InChI is InChI=1S/C39H46N6O4/c1-7-20-43-26-35(46)44-33(21-28-16-18-31(19-17-28)49-39(3,4)5)37(47)42(24-30-14-11-15-32-27(2)23-41(6)36(30)32)25-34(44)45(43)38(48)40-22-29-12-9-8-10-13-29/h7-19,23,33-34H,1,20-22,24-26H2,2-6H3,(H,40,48)/t33-,34-/m0/s1. The van der Waals surface area contributed by atoms with Crippen molar-refractivity contribution in [1.82, 2.24) is 29.7 Å². The number of carbonyl (C=O) groups excluding carboxylic acids is 3. The monoisotopic (exact) mass is 662 g/mol. The van der Waals surface area contributed by atoms with Crippen molar-refractivity contribution in [1.29, 1.82) is 0 Å². The number of hydrogen-bond acceptors (Lipinski definition) is 5. The average molecular weight is 663 g/mol. The van der Waals surface area contributed by atoms with Crippen LogP contribution in [0, 0.1) is 6.92 Å². The molecule has 0 radical (unpaired) electrons. The second-order valence-electron chi connectivity index (χ2n) is 13.9. The van der Waals surface area contributed by atoms with Crippen LogP contribution in [-0.2, 0) is 36.1 Å². The minimum atomic E-state index is -0.815. The molecule has 4 aromatic rings. The first-order valence-corrected chi connectivity index (χ1v) is 16.8. The lowest BCUT2D eigenvalue weighted by Crippen LogP contribution is -2.76. The number of hydrogen-bond donors (Lipinski definition) is 1. The van der Waals surface area contributed by atoms with Gasteiger partial charge < -0.3 is 24.4 Å². The van der Waals surface area contributed by atoms with E-state index in [1.165, 1.54) is 0 Å². The number of nitrogens with one attached hydrogen (secondary N) is 1. The van der Waals surface area contributed by atoms with Gasteiger partial charge in [-0.2, -0.15) is 0 Å². The predicted octanol–water partition coefficient (Wildman–Crippen LogP) is 5.40. The zero-order valence-electron chi connectivity index (χ0n) is 29.1. The van der Waals surface area contributed by atoms with E-state index in [9.17, 15) is 14.4 Å². The second-order valence-corrected chi connectivity index (χ2v) is 13.9. The van der Waals surface area contributed by atoms with Gasteiger partial charge >= 0.3 is 6.03 Å². The number of urea groups is 1. The van der Waals surface area contributed by atoms with Crippen molar-refractivity contribution in [3.8, 4) is 5.75 Å². The van der Waals surface area contributed by atoms with Crippen LogP contribution in [0.2, 0.25) is 0 Å². The van der Waals surface area contributed by atoms with Crippen LogP contribution in [-0.4, -0.2) is 79.7 Å². The lowest BCUT2D eigenvalue weighted by Gasteiger charge is -2.55. The molecule has 2 fully saturated rings. The van der Waals surface area contributed by atoms with Crippen LogP contribution in [0.4, 0.5) is 4.79 Å². The van der Waals surface area contributed by atoms with E-state index in [4.69, 9.17) is 4.74 Å². The molecule has 256 valence electrons. The molecule has 2 aliphatic heterocycles. The van der Waals surface area contributed by atoms with Crippen LogP contribution in [0.1, 0.15) is 43.0 Å². The molecule has 10 nitrogen and oxygen atoms in total. The molecule has 2 atom stereocenters. The summed E-state index contributed by atoms with van der Waals surface area (Å²) >= 11 is 0. The highest BCUT2D eigenvalue weighted by atomic mass is 16.5. The number of piperazine rings is 1. The molecule has 0 unspecified atom stereocenters. The van der Waals surface area contributed by atoms with Gasteiger partial charge in [0, 0.05) is 44.7 Å². The fraction of sp³-hybridized carbons (Fsp3) is 0.359. The molecule has 0 spiro atoms. The smallest absolute Gasteiger partial charge is 0.334 e. The maximum absolute atomic E-state index is 14.6. The number of carbonyl (C=O) groups is 3. The van der Waals surface area contributed by atoms with Gasteiger partial charge in [0.2, 0.25) is 11.8 Å². The van der Waals surface area contributed by atoms with Gasteiger partial charge in [0.05, 0.1) is 18.6 Å². The largest absolute Gasteiger partial charge is 0.488 e. The summed E-state index contributed by atoms with van der Waals surface area (Å²) in [4.78, 5) is 46.1. The number of ether oxygens (including phenoxy) is 1. The Morgan fingerprint density at radius 2 is 1.73 bits per heavy atom. The molecule has 4 amide bonds. The van der Waals surface area contributed by atoms with Crippen LogP contribution >= 0.6 is 0 Å². The van der Waals surface area contributed by atoms with Crippen molar-refractivity contribution >= 4 is 28.7 Å². The predicted molar refractivity (Wildman–Crippen MR) is 190 cm³/mol. The van der Waals surface area contributed by atoms with Gasteiger partial charge in [-0.05, 0) is 62.1 Å². The molecular weight excluding hydrogens is 616 g/mol. The summed E-state index contributed by atoms with van der Waals surface area (Å²) in [5, 5.41) is 7.53. The fourth-order valence-corrected chi connectivity index (χ4v) is 7.05. The van der Waals surface area contributed by atoms with E-state index >= 15 is 0 Å². The van der Waals surface area contributed by atoms with E-state index in [2.05, 4.69) is 35.6 Å². The number of aryl methyl sites for hydroxylation is 2. The van der Waals surface area contributed by atoms with E-state index in [0.717, 1.165) is 38.9 Å². The summed E-state index contributed by atoms with van der Waals surface area (Å²) in [5.41, 5.74) is 4.72. The van der Waals surface area contributed by atoms with Crippen LogP contribution in [0.25, 0.3) is 10.9 Å². The van der Waals surface area contributed by atoms with Crippen LogP contribution in [0.15, 0.2) is 91.6 Å². The van der Waals surface area contributed by atoms with Crippen molar-refractivity contribution in [2.75, 3.05) is 19.6 Å². The number of aromatic nitrogens is 1. The van der Waals surface area contributed by atoms with Crippen LogP contribution in [0.3, 0.4) is 0 Å². The van der Waals surface area contributed by atoms with Gasteiger partial charge in [0.25, 0.3) is 0 Å². The molecule has 3 aromatic carbocycles. The minimum Gasteiger partial charge on any atom is -0.488 e. The highest BCUT2D eigenvalue weighted by Gasteiger charge is 2.51. The van der Waals surface area contributed by atoms with Gasteiger partial charge in [0.15, 0.2) is 0 Å². The van der Waals surface area contributed by atoms with Gasteiger partial charge in [0.1, 0.15) is 23.6 Å². The van der Waals surface area contributed by atoms with Crippen molar-refractivity contribution in [2.24, 2.45) is 7.05 Å². The Hall–Kier alpha value is -5.09. The maximum atomic E-state index is 14.6. The number of hydrazine groups is 1. The Morgan fingerprint density at radius 3 is 2.43 bits per heavy atom. The Bertz CT molecular complexity index is 1850. The van der Waals surface area contributed by atoms with E-state index in [-0.39, 0.29) is 36.5 Å². The first-order chi connectivity index (χ1) is 23.4. The van der Waals surface area contributed by atoms with E-state index in [0.29, 0.717) is 26.1 Å². The molecule has 10 heteroatoms. The molecule has 0 saturated carbocycles. The molecule has 3 heterocycles. The van der Waals surface area contributed by atoms with Crippen molar-refractivity contribution in [2.45, 2.75) is 65.0 Å². The molecule has 1 N–H and O–H groups in total. The van der Waals surface area contributed by atoms with Gasteiger partial charge in [-0.25, -0.2) is 14.8 Å².